The van der Waals surface area contributed by atoms with Crippen LogP contribution >= 0.6 is 11.3 Å². The van der Waals surface area contributed by atoms with Crippen molar-refractivity contribution in [2.45, 2.75) is 142 Å². The van der Waals surface area contributed by atoms with Gasteiger partial charge < -0.3 is 49.4 Å². The number of aromatic nitrogens is 2. The molecular weight excluding hydrogens is 724 g/mol. The largest absolute Gasteiger partial charge is 0.459 e. The number of carbonyl (C=O) groups excluding carboxylic acids is 3. The molecule has 54 heavy (non-hydrogen) atoms. The van der Waals surface area contributed by atoms with E-state index in [9.17, 15) is 24.6 Å². The zero-order valence-corrected chi connectivity index (χ0v) is 33.8. The average molecular weight is 783 g/mol. The Kier molecular flexibility index (Phi) is 14.8. The fourth-order valence-electron chi connectivity index (χ4n) is 7.52. The van der Waals surface area contributed by atoms with Gasteiger partial charge in [0.15, 0.2) is 23.7 Å². The fraction of sp³-hybridized carbons (Fsp3) is 0.806. The molecule has 0 radical (unpaired) electrons. The van der Waals surface area contributed by atoms with Gasteiger partial charge >= 0.3 is 5.97 Å². The monoisotopic (exact) mass is 782 g/mol. The van der Waals surface area contributed by atoms with E-state index in [1.54, 1.807) is 20.8 Å². The Bertz CT molecular complexity index is 1540. The average Bonchev–Trinajstić information content (AvgIpc) is 3.51. The maximum atomic E-state index is 14.4. The molecule has 1 aromatic heterocycles. The topological polar surface area (TPSA) is 227 Å². The summed E-state index contributed by atoms with van der Waals surface area (Å²) >= 11 is 1.14. The number of carbonyl (C=O) groups is 3. The van der Waals surface area contributed by atoms with E-state index < -0.39 is 77.3 Å². The summed E-state index contributed by atoms with van der Waals surface area (Å²) in [4.78, 5) is 52.6. The van der Waals surface area contributed by atoms with Crippen molar-refractivity contribution in [1.82, 2.24) is 15.1 Å². The second-order valence-corrected chi connectivity index (χ2v) is 16.5. The van der Waals surface area contributed by atoms with Gasteiger partial charge in [-0.25, -0.2) is 4.99 Å². The number of cyclic esters (lactones) is 1. The van der Waals surface area contributed by atoms with Crippen molar-refractivity contribution >= 4 is 45.6 Å². The van der Waals surface area contributed by atoms with Gasteiger partial charge in [0.1, 0.15) is 29.4 Å². The van der Waals surface area contributed by atoms with Crippen molar-refractivity contribution < 1.29 is 53.1 Å². The number of ketones is 1. The lowest BCUT2D eigenvalue weighted by Crippen LogP contribution is -2.59. The van der Waals surface area contributed by atoms with Gasteiger partial charge in [0, 0.05) is 31.0 Å². The molecular formula is C36H58N6O11S. The zero-order chi connectivity index (χ0) is 40.1. The molecule has 3 fully saturated rings. The summed E-state index contributed by atoms with van der Waals surface area (Å²) in [7, 11) is 3.71. The molecule has 3 aliphatic heterocycles. The normalized spacial score (nSPS) is 39.1. The summed E-state index contributed by atoms with van der Waals surface area (Å²) in [6.45, 7) is 12.7. The highest BCUT2D eigenvalue weighted by Crippen LogP contribution is 2.39. The third kappa shape index (κ3) is 10.5. The van der Waals surface area contributed by atoms with Gasteiger partial charge in [-0.15, -0.1) is 10.2 Å². The summed E-state index contributed by atoms with van der Waals surface area (Å²) in [5.41, 5.74) is 3.18. The van der Waals surface area contributed by atoms with E-state index in [1.807, 2.05) is 32.8 Å². The highest BCUT2D eigenvalue weighted by Gasteiger charge is 2.51. The molecule has 0 aromatic carbocycles. The molecule has 12 atom stereocenters. The van der Waals surface area contributed by atoms with E-state index in [2.05, 4.69) is 20.3 Å². The first-order chi connectivity index (χ1) is 25.3. The lowest BCUT2D eigenvalue weighted by molar-refractivity contribution is -0.296. The first-order valence-electron chi connectivity index (χ1n) is 18.5. The SMILES string of the molecule is CC[C@H]1OC(=O)[C@H](C)C(=O)[C@H](C)[C@@H](O[C@@H]2O[C@H](C)C[C@H](N(C)C)[C@H]2O)[C@@]2(C)C[C@@H](C)C(=NC(C)=O)C[C@@H](OC/C(=N/OCc3nnc(N)s3)CO2)[C@]1(C)O. The summed E-state index contributed by atoms with van der Waals surface area (Å²) in [5.74, 6) is -4.59. The van der Waals surface area contributed by atoms with Crippen LogP contribution in [0.4, 0.5) is 5.13 Å². The molecule has 2 bridgehead atoms. The van der Waals surface area contributed by atoms with E-state index in [4.69, 9.17) is 34.3 Å². The van der Waals surface area contributed by atoms with Crippen LogP contribution in [0.1, 0.15) is 86.1 Å². The number of amides is 1. The lowest BCUT2D eigenvalue weighted by atomic mass is 9.76. The van der Waals surface area contributed by atoms with Crippen LogP contribution < -0.4 is 5.73 Å². The molecule has 0 saturated carbocycles. The molecule has 4 N–H and O–H groups in total. The molecule has 17 nitrogen and oxygen atoms in total. The highest BCUT2D eigenvalue weighted by atomic mass is 32.1. The first kappa shape index (κ1) is 43.8. The van der Waals surface area contributed by atoms with Crippen LogP contribution in [0, 0.1) is 17.8 Å². The number of anilines is 1. The minimum Gasteiger partial charge on any atom is -0.459 e. The van der Waals surface area contributed by atoms with Crippen molar-refractivity contribution in [3.05, 3.63) is 5.01 Å². The van der Waals surface area contributed by atoms with E-state index in [1.165, 1.54) is 20.8 Å². The number of rotatable bonds is 7. The van der Waals surface area contributed by atoms with Gasteiger partial charge in [-0.1, -0.05) is 37.3 Å². The van der Waals surface area contributed by atoms with Gasteiger partial charge in [0.25, 0.3) is 0 Å². The van der Waals surface area contributed by atoms with Crippen LogP contribution in [0.25, 0.3) is 0 Å². The summed E-state index contributed by atoms with van der Waals surface area (Å²) in [6, 6.07) is -0.321. The molecule has 0 unspecified atom stereocenters. The number of hydrogen-bond donors (Lipinski definition) is 3. The molecule has 4 heterocycles. The van der Waals surface area contributed by atoms with Crippen LogP contribution in [-0.2, 0) is 49.5 Å². The van der Waals surface area contributed by atoms with Crippen molar-refractivity contribution in [2.24, 2.45) is 27.9 Å². The summed E-state index contributed by atoms with van der Waals surface area (Å²) < 4.78 is 31.9. The quantitative estimate of drug-likeness (QED) is 0.205. The third-order valence-corrected chi connectivity index (χ3v) is 11.4. The van der Waals surface area contributed by atoms with Crippen LogP contribution in [0.3, 0.4) is 0 Å². The minimum atomic E-state index is -1.83. The van der Waals surface area contributed by atoms with Crippen LogP contribution in [-0.4, -0.2) is 136 Å². The highest BCUT2D eigenvalue weighted by molar-refractivity contribution is 7.15. The molecule has 18 heteroatoms. The number of hydrogen-bond acceptors (Lipinski definition) is 17. The number of aliphatic hydroxyl groups is 2. The molecule has 304 valence electrons. The second kappa shape index (κ2) is 18.3. The number of likely N-dealkylation sites (N-methyl/N-ethyl adjacent to an activating group) is 1. The Balaban J connectivity index is 1.90. The van der Waals surface area contributed by atoms with Crippen molar-refractivity contribution in [3.63, 3.8) is 0 Å². The molecule has 1 amide bonds. The smallest absolute Gasteiger partial charge is 0.316 e. The Labute approximate surface area is 320 Å². The Morgan fingerprint density at radius 1 is 1.15 bits per heavy atom. The molecule has 3 saturated heterocycles. The predicted molar refractivity (Wildman–Crippen MR) is 199 cm³/mol. The van der Waals surface area contributed by atoms with E-state index >= 15 is 0 Å². The number of oxime groups is 1. The second-order valence-electron chi connectivity index (χ2n) is 15.4. The molecule has 4 rings (SSSR count). The van der Waals surface area contributed by atoms with Crippen molar-refractivity contribution in [3.8, 4) is 0 Å². The number of aliphatic hydroxyl groups excluding tert-OH is 1. The van der Waals surface area contributed by atoms with E-state index in [-0.39, 0.29) is 62.1 Å². The van der Waals surface area contributed by atoms with E-state index in [0.717, 1.165) is 11.3 Å². The van der Waals surface area contributed by atoms with Gasteiger partial charge in [-0.05, 0) is 67.0 Å². The molecule has 0 spiro atoms. The first-order valence-corrected chi connectivity index (χ1v) is 19.3. The molecule has 3 aliphatic rings. The van der Waals surface area contributed by atoms with Crippen molar-refractivity contribution in [2.75, 3.05) is 33.0 Å². The van der Waals surface area contributed by atoms with Gasteiger partial charge in [0.05, 0.1) is 37.1 Å². The minimum absolute atomic E-state index is 0.0296. The number of fused-ring (bicyclic) bond motifs is 5. The summed E-state index contributed by atoms with van der Waals surface area (Å²) in [5, 5.41) is 36.6. The fourth-order valence-corrected chi connectivity index (χ4v) is 8.04. The number of nitrogens with zero attached hydrogens (tertiary/aromatic N) is 5. The van der Waals surface area contributed by atoms with Gasteiger partial charge in [0.2, 0.25) is 11.0 Å². The molecule has 0 aliphatic carbocycles. The number of Topliss-reactive ketones (excluding diaryl/α,β-unsaturated/α-hetero) is 1. The molecule has 1 aromatic rings. The van der Waals surface area contributed by atoms with Crippen LogP contribution in [0.2, 0.25) is 0 Å². The maximum Gasteiger partial charge on any atom is 0.316 e. The lowest BCUT2D eigenvalue weighted by Gasteiger charge is -2.47. The number of nitrogens with two attached hydrogens (primary N) is 1. The number of esters is 1. The standard InChI is InChI=1S/C36H58N6O11S/c1-11-26-36(8,47)27-13-24(38-22(6)43)18(2)14-35(7,49-16-23(15-48-27)41-50-17-28-39-40-34(37)54-28)31(20(4)29(44)21(5)32(46)52-26)53-33-30(45)25(42(9)10)12-19(3)51-33/h18-21,25-27,30-31,33,45,47H,11-17H2,1-10H3,(H2,37,40)/b38-24?,41-23-/t18-,19-,20+,21-,25+,26-,27-,30-,31-,33+,35-,36-/m1/s1. The maximum absolute atomic E-state index is 14.4. The van der Waals surface area contributed by atoms with Crippen LogP contribution in [0.15, 0.2) is 10.1 Å². The summed E-state index contributed by atoms with van der Waals surface area (Å²) in [6.07, 6.45) is -5.09. The van der Waals surface area contributed by atoms with Crippen molar-refractivity contribution in [1.29, 1.82) is 0 Å². The number of aliphatic imine (C=N–C) groups is 1. The Morgan fingerprint density at radius 2 is 1.85 bits per heavy atom. The Morgan fingerprint density at radius 3 is 2.46 bits per heavy atom. The van der Waals surface area contributed by atoms with Gasteiger partial charge in [-0.2, -0.15) is 0 Å². The third-order valence-electron chi connectivity index (χ3n) is 10.6. The van der Waals surface area contributed by atoms with E-state index in [0.29, 0.717) is 17.1 Å². The Hall–Kier alpha value is -2.97. The number of nitrogen functional groups attached to an aromatic ring is 1. The predicted octanol–water partition coefficient (Wildman–Crippen LogP) is 2.31. The number of ether oxygens (including phenoxy) is 5. The van der Waals surface area contributed by atoms with Gasteiger partial charge in [-0.3, -0.25) is 14.4 Å². The van der Waals surface area contributed by atoms with Crippen LogP contribution in [0.5, 0.6) is 0 Å². The zero-order valence-electron chi connectivity index (χ0n) is 33.0.